The number of carbonyl (C=O) groups is 2. The number of hydrogen-bond acceptors (Lipinski definition) is 4. The molecule has 200 valence electrons. The lowest BCUT2D eigenvalue weighted by Gasteiger charge is -2.31. The predicted molar refractivity (Wildman–Crippen MR) is 148 cm³/mol. The summed E-state index contributed by atoms with van der Waals surface area (Å²) in [5, 5.41) is 2.99. The Labute approximate surface area is 228 Å². The largest absolute Gasteiger partial charge is 0.497 e. The molecule has 0 bridgehead atoms. The Morgan fingerprint density at radius 1 is 0.769 bits per heavy atom. The van der Waals surface area contributed by atoms with Crippen molar-refractivity contribution in [2.75, 3.05) is 13.7 Å². The van der Waals surface area contributed by atoms with Gasteiger partial charge >= 0.3 is 0 Å². The first-order valence-electron chi connectivity index (χ1n) is 12.7. The lowest BCUT2D eigenvalue weighted by Crippen LogP contribution is -2.51. The molecule has 6 nitrogen and oxygen atoms in total. The smallest absolute Gasteiger partial charge is 0.261 e. The molecule has 1 N–H and O–H groups in total. The highest BCUT2D eigenvalue weighted by Crippen LogP contribution is 2.17. The zero-order valence-electron chi connectivity index (χ0n) is 21.8. The van der Waals surface area contributed by atoms with Gasteiger partial charge in [0.2, 0.25) is 5.91 Å². The van der Waals surface area contributed by atoms with Gasteiger partial charge in [0.05, 0.1) is 7.11 Å². The van der Waals surface area contributed by atoms with Gasteiger partial charge in [-0.15, -0.1) is 0 Å². The van der Waals surface area contributed by atoms with Crippen LogP contribution < -0.4 is 14.8 Å². The first-order chi connectivity index (χ1) is 19.0. The van der Waals surface area contributed by atoms with Crippen molar-refractivity contribution in [3.8, 4) is 11.5 Å². The van der Waals surface area contributed by atoms with Crippen molar-refractivity contribution >= 4 is 11.8 Å². The molecule has 1 atom stereocenters. The second-order valence-corrected chi connectivity index (χ2v) is 9.02. The first kappa shape index (κ1) is 27.4. The van der Waals surface area contributed by atoms with Crippen molar-refractivity contribution < 1.29 is 23.5 Å². The highest BCUT2D eigenvalue weighted by atomic mass is 19.1. The van der Waals surface area contributed by atoms with E-state index in [1.807, 2.05) is 72.8 Å². The lowest BCUT2D eigenvalue weighted by atomic mass is 10.0. The number of benzene rings is 4. The summed E-state index contributed by atoms with van der Waals surface area (Å²) >= 11 is 0. The maximum atomic E-state index is 13.7. The minimum absolute atomic E-state index is 0.116. The Hall–Kier alpha value is -4.65. The summed E-state index contributed by atoms with van der Waals surface area (Å²) in [4.78, 5) is 28.8. The third kappa shape index (κ3) is 8.17. The van der Waals surface area contributed by atoms with Crippen LogP contribution in [0.5, 0.6) is 11.5 Å². The fraction of sp³-hybridized carbons (Fsp3) is 0.188. The zero-order chi connectivity index (χ0) is 27.5. The third-order valence-corrected chi connectivity index (χ3v) is 6.27. The Bertz CT molecular complexity index is 1330. The van der Waals surface area contributed by atoms with E-state index in [-0.39, 0.29) is 37.3 Å². The number of carbonyl (C=O) groups excluding carboxylic acids is 2. The summed E-state index contributed by atoms with van der Waals surface area (Å²) < 4.78 is 24.6. The van der Waals surface area contributed by atoms with Gasteiger partial charge in [0.15, 0.2) is 6.61 Å². The second-order valence-electron chi connectivity index (χ2n) is 9.02. The fourth-order valence-electron chi connectivity index (χ4n) is 4.14. The SMILES string of the molecule is COc1ccc(CNC(=O)[C@H](Cc2ccccc2)N(Cc2ccc(F)cc2)C(=O)COc2ccccc2)cc1. The lowest BCUT2D eigenvalue weighted by molar-refractivity contribution is -0.142. The highest BCUT2D eigenvalue weighted by molar-refractivity contribution is 5.88. The van der Waals surface area contributed by atoms with Gasteiger partial charge in [0, 0.05) is 19.5 Å². The van der Waals surface area contributed by atoms with Crippen LogP contribution in [0, 0.1) is 5.82 Å². The molecular weight excluding hydrogens is 495 g/mol. The number of para-hydroxylation sites is 1. The van der Waals surface area contributed by atoms with E-state index in [1.165, 1.54) is 17.0 Å². The predicted octanol–water partition coefficient (Wildman–Crippen LogP) is 5.17. The van der Waals surface area contributed by atoms with Crippen LogP contribution in [-0.4, -0.2) is 36.5 Å². The van der Waals surface area contributed by atoms with Gasteiger partial charge in [-0.05, 0) is 53.1 Å². The summed E-state index contributed by atoms with van der Waals surface area (Å²) in [5.74, 6) is 0.244. The quantitative estimate of drug-likeness (QED) is 0.277. The molecule has 0 fully saturated rings. The fourth-order valence-corrected chi connectivity index (χ4v) is 4.14. The van der Waals surface area contributed by atoms with Crippen molar-refractivity contribution in [3.63, 3.8) is 0 Å². The Kier molecular flexibility index (Phi) is 9.67. The summed E-state index contributed by atoms with van der Waals surface area (Å²) in [6.07, 6.45) is 0.299. The molecule has 4 aromatic carbocycles. The summed E-state index contributed by atoms with van der Waals surface area (Å²) in [5.41, 5.74) is 2.50. The Morgan fingerprint density at radius 3 is 2.03 bits per heavy atom. The van der Waals surface area contributed by atoms with Crippen molar-refractivity contribution in [2.24, 2.45) is 0 Å². The van der Waals surface area contributed by atoms with Crippen molar-refractivity contribution in [3.05, 3.63) is 132 Å². The van der Waals surface area contributed by atoms with Crippen LogP contribution in [0.4, 0.5) is 4.39 Å². The van der Waals surface area contributed by atoms with E-state index < -0.39 is 6.04 Å². The van der Waals surface area contributed by atoms with Gasteiger partial charge < -0.3 is 19.7 Å². The summed E-state index contributed by atoms with van der Waals surface area (Å²) in [7, 11) is 1.60. The van der Waals surface area contributed by atoms with E-state index in [4.69, 9.17) is 9.47 Å². The summed E-state index contributed by atoms with van der Waals surface area (Å²) in [6.45, 7) is 0.153. The molecule has 0 aliphatic heterocycles. The van der Waals surface area contributed by atoms with E-state index in [0.29, 0.717) is 17.7 Å². The Balaban J connectivity index is 1.59. The molecule has 4 rings (SSSR count). The molecular formula is C32H31FN2O4. The van der Waals surface area contributed by atoms with Gasteiger partial charge in [0.25, 0.3) is 5.91 Å². The van der Waals surface area contributed by atoms with Gasteiger partial charge in [-0.25, -0.2) is 4.39 Å². The molecule has 0 radical (unpaired) electrons. The van der Waals surface area contributed by atoms with E-state index >= 15 is 0 Å². The van der Waals surface area contributed by atoms with E-state index in [2.05, 4.69) is 5.32 Å². The van der Waals surface area contributed by atoms with Crippen LogP contribution in [0.25, 0.3) is 0 Å². The number of ether oxygens (including phenoxy) is 2. The molecule has 4 aromatic rings. The van der Waals surface area contributed by atoms with Gasteiger partial charge in [-0.3, -0.25) is 9.59 Å². The second kappa shape index (κ2) is 13.8. The average molecular weight is 527 g/mol. The molecule has 0 spiro atoms. The maximum absolute atomic E-state index is 13.7. The molecule has 0 unspecified atom stereocenters. The van der Waals surface area contributed by atoms with Gasteiger partial charge in [0.1, 0.15) is 23.4 Å². The molecule has 0 heterocycles. The number of amides is 2. The number of hydrogen-bond donors (Lipinski definition) is 1. The average Bonchev–Trinajstić information content (AvgIpc) is 2.98. The minimum atomic E-state index is -0.831. The summed E-state index contributed by atoms with van der Waals surface area (Å²) in [6, 6.07) is 31.0. The Morgan fingerprint density at radius 2 is 1.38 bits per heavy atom. The van der Waals surface area contributed by atoms with Crippen molar-refractivity contribution in [1.82, 2.24) is 10.2 Å². The maximum Gasteiger partial charge on any atom is 0.261 e. The molecule has 0 saturated carbocycles. The van der Waals surface area contributed by atoms with Crippen LogP contribution in [-0.2, 0) is 29.1 Å². The van der Waals surface area contributed by atoms with Crippen molar-refractivity contribution in [2.45, 2.75) is 25.6 Å². The highest BCUT2D eigenvalue weighted by Gasteiger charge is 2.30. The molecule has 0 aliphatic carbocycles. The topological polar surface area (TPSA) is 67.9 Å². The third-order valence-electron chi connectivity index (χ3n) is 6.27. The van der Waals surface area contributed by atoms with E-state index in [0.717, 1.165) is 16.9 Å². The molecule has 39 heavy (non-hydrogen) atoms. The molecule has 0 aromatic heterocycles. The number of halogens is 1. The van der Waals surface area contributed by atoms with Gasteiger partial charge in [-0.1, -0.05) is 72.8 Å². The monoisotopic (exact) mass is 526 g/mol. The number of methoxy groups -OCH3 is 1. The number of nitrogens with zero attached hydrogens (tertiary/aromatic N) is 1. The molecule has 2 amide bonds. The van der Waals surface area contributed by atoms with E-state index in [9.17, 15) is 14.0 Å². The van der Waals surface area contributed by atoms with Gasteiger partial charge in [-0.2, -0.15) is 0 Å². The van der Waals surface area contributed by atoms with Crippen LogP contribution in [0.2, 0.25) is 0 Å². The molecule has 0 aliphatic rings. The number of nitrogens with one attached hydrogen (secondary N) is 1. The van der Waals surface area contributed by atoms with Crippen molar-refractivity contribution in [1.29, 1.82) is 0 Å². The molecule has 7 heteroatoms. The zero-order valence-corrected chi connectivity index (χ0v) is 21.8. The van der Waals surface area contributed by atoms with Crippen LogP contribution in [0.1, 0.15) is 16.7 Å². The first-order valence-corrected chi connectivity index (χ1v) is 12.7. The number of rotatable bonds is 12. The van der Waals surface area contributed by atoms with E-state index in [1.54, 1.807) is 31.4 Å². The van der Waals surface area contributed by atoms with Crippen LogP contribution in [0.3, 0.4) is 0 Å². The minimum Gasteiger partial charge on any atom is -0.497 e. The van der Waals surface area contributed by atoms with Crippen LogP contribution in [0.15, 0.2) is 109 Å². The standard InChI is InChI=1S/C32H31FN2O4/c1-38-28-18-14-25(15-19-28)21-34-32(37)30(20-24-8-4-2-5-9-24)35(22-26-12-16-27(33)17-13-26)31(36)23-39-29-10-6-3-7-11-29/h2-19,30H,20-23H2,1H3,(H,34,37)/t30-/m0/s1. The normalized spacial score (nSPS) is 11.3. The molecule has 0 saturated heterocycles. The van der Waals surface area contributed by atoms with Crippen LogP contribution >= 0.6 is 0 Å².